The molecule has 7 nitrogen and oxygen atoms in total. The number of fused-ring (bicyclic) bond motifs is 2. The number of aliphatic carboxylic acids is 1. The van der Waals surface area contributed by atoms with Crippen molar-refractivity contribution in [2.75, 3.05) is 13.1 Å². The first-order valence-corrected chi connectivity index (χ1v) is 7.82. The molecule has 0 radical (unpaired) electrons. The Morgan fingerprint density at radius 2 is 1.92 bits per heavy atom. The van der Waals surface area contributed by atoms with Crippen LogP contribution in [0.4, 0.5) is 4.79 Å². The average Bonchev–Trinajstić information content (AvgIpc) is 2.78. The van der Waals surface area contributed by atoms with Crippen LogP contribution in [-0.2, 0) is 24.8 Å². The summed E-state index contributed by atoms with van der Waals surface area (Å²) < 4.78 is 17.1. The van der Waals surface area contributed by atoms with E-state index in [1.807, 2.05) is 18.2 Å². The first kappa shape index (κ1) is 16.7. The van der Waals surface area contributed by atoms with E-state index in [0.717, 1.165) is 0 Å². The van der Waals surface area contributed by atoms with Crippen LogP contribution in [-0.4, -0.2) is 53.0 Å². The van der Waals surface area contributed by atoms with Crippen LogP contribution in [0.15, 0.2) is 30.3 Å². The number of hydrogen-bond acceptors (Lipinski definition) is 5. The van der Waals surface area contributed by atoms with E-state index in [2.05, 4.69) is 0 Å². The summed E-state index contributed by atoms with van der Waals surface area (Å²) in [5, 5.41) is 9.39. The molecular formula is C17H21NO6. The van der Waals surface area contributed by atoms with E-state index in [9.17, 15) is 14.7 Å². The molecule has 1 aromatic rings. The van der Waals surface area contributed by atoms with Gasteiger partial charge in [0.2, 0.25) is 5.79 Å². The molecule has 2 bridgehead atoms. The van der Waals surface area contributed by atoms with Crippen molar-refractivity contribution in [3.05, 3.63) is 35.9 Å². The summed E-state index contributed by atoms with van der Waals surface area (Å²) in [5.74, 6) is -2.40. The van der Waals surface area contributed by atoms with E-state index in [4.69, 9.17) is 14.2 Å². The number of carbonyl (C=O) groups excluding carboxylic acids is 1. The molecule has 0 unspecified atom stereocenters. The maximum atomic E-state index is 12.4. The number of ether oxygens (including phenoxy) is 3. The van der Waals surface area contributed by atoms with E-state index >= 15 is 0 Å². The topological polar surface area (TPSA) is 85.3 Å². The van der Waals surface area contributed by atoms with Crippen LogP contribution >= 0.6 is 0 Å². The van der Waals surface area contributed by atoms with E-state index in [1.165, 1.54) is 4.90 Å². The molecule has 2 heterocycles. The minimum absolute atomic E-state index is 0.0756. The second kappa shape index (κ2) is 5.75. The summed E-state index contributed by atoms with van der Waals surface area (Å²) in [5.41, 5.74) is 0.0357. The highest BCUT2D eigenvalue weighted by atomic mass is 16.8. The summed E-state index contributed by atoms with van der Waals surface area (Å²) in [4.78, 5) is 25.4. The smallest absolute Gasteiger partial charge is 0.410 e. The number of carboxylic acid groups (broad SMARTS) is 1. The normalized spacial score (nSPS) is 29.4. The van der Waals surface area contributed by atoms with Crippen LogP contribution in [0.5, 0.6) is 0 Å². The molecule has 7 heteroatoms. The molecule has 2 aliphatic heterocycles. The number of morpholine rings is 1. The molecule has 3 atom stereocenters. The predicted octanol–water partition coefficient (Wildman–Crippen LogP) is 1.96. The number of amides is 1. The third kappa shape index (κ3) is 3.09. The maximum absolute atomic E-state index is 12.4. The highest BCUT2D eigenvalue weighted by Crippen LogP contribution is 2.42. The Bertz CT molecular complexity index is 640. The van der Waals surface area contributed by atoms with Crippen molar-refractivity contribution in [2.45, 2.75) is 44.4 Å². The third-order valence-corrected chi connectivity index (χ3v) is 3.90. The summed E-state index contributed by atoms with van der Waals surface area (Å²) in [6.07, 6.45) is -2.38. The third-order valence-electron chi connectivity index (χ3n) is 3.90. The molecule has 0 aliphatic carbocycles. The van der Waals surface area contributed by atoms with Crippen molar-refractivity contribution in [1.29, 1.82) is 0 Å². The Labute approximate surface area is 140 Å². The number of nitrogens with zero attached hydrogens (tertiary/aromatic N) is 1. The van der Waals surface area contributed by atoms with Gasteiger partial charge in [0, 0.05) is 5.56 Å². The van der Waals surface area contributed by atoms with Gasteiger partial charge in [-0.05, 0) is 20.8 Å². The molecule has 0 saturated carbocycles. The van der Waals surface area contributed by atoms with Gasteiger partial charge in [0.1, 0.15) is 11.7 Å². The van der Waals surface area contributed by atoms with Crippen molar-refractivity contribution in [2.24, 2.45) is 0 Å². The first-order chi connectivity index (χ1) is 11.2. The zero-order valence-corrected chi connectivity index (χ0v) is 13.9. The molecule has 1 aromatic carbocycles. The van der Waals surface area contributed by atoms with Crippen LogP contribution in [0.2, 0.25) is 0 Å². The average molecular weight is 335 g/mol. The van der Waals surface area contributed by atoms with E-state index in [-0.39, 0.29) is 13.1 Å². The van der Waals surface area contributed by atoms with Gasteiger partial charge in [0.15, 0.2) is 6.10 Å². The van der Waals surface area contributed by atoms with Crippen molar-refractivity contribution < 1.29 is 28.9 Å². The summed E-state index contributed by atoms with van der Waals surface area (Å²) in [6, 6.07) is 9.05. The molecule has 2 fully saturated rings. The Kier molecular flexibility index (Phi) is 4.01. The number of carbonyl (C=O) groups is 2. The van der Waals surface area contributed by atoms with Gasteiger partial charge in [-0.25, -0.2) is 9.59 Å². The van der Waals surface area contributed by atoms with Gasteiger partial charge in [-0.1, -0.05) is 30.3 Å². The summed E-state index contributed by atoms with van der Waals surface area (Å²) >= 11 is 0. The fourth-order valence-corrected chi connectivity index (χ4v) is 2.95. The molecule has 0 aromatic heterocycles. The molecule has 2 saturated heterocycles. The predicted molar refractivity (Wildman–Crippen MR) is 83.3 cm³/mol. The fourth-order valence-electron chi connectivity index (χ4n) is 2.95. The van der Waals surface area contributed by atoms with Gasteiger partial charge in [0.05, 0.1) is 13.1 Å². The van der Waals surface area contributed by atoms with Gasteiger partial charge in [-0.3, -0.25) is 4.90 Å². The van der Waals surface area contributed by atoms with Crippen molar-refractivity contribution in [1.82, 2.24) is 4.90 Å². The minimum atomic E-state index is -1.29. The monoisotopic (exact) mass is 335 g/mol. The second-order valence-electron chi connectivity index (χ2n) is 7.01. The second-order valence-corrected chi connectivity index (χ2v) is 7.01. The molecule has 130 valence electrons. The van der Waals surface area contributed by atoms with Crippen molar-refractivity contribution >= 4 is 12.1 Å². The van der Waals surface area contributed by atoms with Gasteiger partial charge < -0.3 is 19.3 Å². The van der Waals surface area contributed by atoms with Gasteiger partial charge in [0.25, 0.3) is 0 Å². The van der Waals surface area contributed by atoms with Gasteiger partial charge >= 0.3 is 12.1 Å². The van der Waals surface area contributed by atoms with E-state index in [0.29, 0.717) is 5.56 Å². The molecule has 0 spiro atoms. The molecule has 1 amide bonds. The largest absolute Gasteiger partial charge is 0.479 e. The van der Waals surface area contributed by atoms with Crippen LogP contribution in [0.1, 0.15) is 26.3 Å². The molecule has 24 heavy (non-hydrogen) atoms. The Balaban J connectivity index is 1.90. The lowest BCUT2D eigenvalue weighted by Crippen LogP contribution is -2.53. The number of carboxylic acids is 1. The van der Waals surface area contributed by atoms with Crippen LogP contribution in [0.3, 0.4) is 0 Å². The highest BCUT2D eigenvalue weighted by molar-refractivity contribution is 5.74. The highest BCUT2D eigenvalue weighted by Gasteiger charge is 2.57. The Hall–Kier alpha value is -2.12. The Morgan fingerprint density at radius 1 is 1.25 bits per heavy atom. The summed E-state index contributed by atoms with van der Waals surface area (Å²) in [7, 11) is 0. The lowest BCUT2D eigenvalue weighted by atomic mass is 10.0. The number of rotatable bonds is 2. The van der Waals surface area contributed by atoms with E-state index in [1.54, 1.807) is 32.9 Å². The fraction of sp³-hybridized carbons (Fsp3) is 0.529. The zero-order chi connectivity index (χ0) is 17.5. The maximum Gasteiger partial charge on any atom is 0.410 e. The number of hydrogen-bond donors (Lipinski definition) is 1. The first-order valence-electron chi connectivity index (χ1n) is 7.82. The molecule has 3 rings (SSSR count). The van der Waals surface area contributed by atoms with Gasteiger partial charge in [-0.15, -0.1) is 0 Å². The van der Waals surface area contributed by atoms with Crippen LogP contribution < -0.4 is 0 Å². The SMILES string of the molecule is CC(C)(C)OC(=O)N1C[C@@H]2O[C@](c3ccccc3)(C1)O[C@@H]2C(=O)O. The van der Waals surface area contributed by atoms with Crippen molar-refractivity contribution in [3.8, 4) is 0 Å². The number of benzene rings is 1. The van der Waals surface area contributed by atoms with Crippen molar-refractivity contribution in [3.63, 3.8) is 0 Å². The zero-order valence-electron chi connectivity index (χ0n) is 13.9. The molecule has 1 N–H and O–H groups in total. The summed E-state index contributed by atoms with van der Waals surface area (Å²) in [6.45, 7) is 5.53. The lowest BCUT2D eigenvalue weighted by molar-refractivity contribution is -0.214. The van der Waals surface area contributed by atoms with Gasteiger partial charge in [-0.2, -0.15) is 0 Å². The molecule has 2 aliphatic rings. The van der Waals surface area contributed by atoms with Crippen LogP contribution in [0.25, 0.3) is 0 Å². The standard InChI is InChI=1S/C17H21NO6/c1-16(2,3)24-15(21)18-9-12-13(14(19)20)23-17(10-18,22-12)11-7-5-4-6-8-11/h4-8,12-13H,9-10H2,1-3H3,(H,19,20)/t12-,13-,17+/m0/s1. The minimum Gasteiger partial charge on any atom is -0.479 e. The van der Waals surface area contributed by atoms with E-state index < -0.39 is 35.7 Å². The lowest BCUT2D eigenvalue weighted by Gasteiger charge is -2.39. The Morgan fingerprint density at radius 3 is 2.50 bits per heavy atom. The molecular weight excluding hydrogens is 314 g/mol. The quantitative estimate of drug-likeness (QED) is 0.889. The van der Waals surface area contributed by atoms with Crippen LogP contribution in [0, 0.1) is 0 Å².